The number of alkyl halides is 10. The number of ether oxygens (including phenoxy) is 1. The van der Waals surface area contributed by atoms with Crippen molar-refractivity contribution in [3.63, 3.8) is 0 Å². The van der Waals surface area contributed by atoms with Crippen LogP contribution in [0.2, 0.25) is 0 Å². The van der Waals surface area contributed by atoms with Crippen molar-refractivity contribution in [3.8, 4) is 5.75 Å². The zero-order valence-corrected chi connectivity index (χ0v) is 12.3. The minimum absolute atomic E-state index is 0.453. The van der Waals surface area contributed by atoms with Crippen LogP contribution >= 0.6 is 0 Å². The third-order valence-corrected chi connectivity index (χ3v) is 3.20. The van der Waals surface area contributed by atoms with Crippen LogP contribution in [-0.2, 0) is 9.53 Å². The van der Waals surface area contributed by atoms with Crippen molar-refractivity contribution in [2.24, 2.45) is 0 Å². The summed E-state index contributed by atoms with van der Waals surface area (Å²) in [5.74, 6) is -3.51. The predicted octanol–water partition coefficient (Wildman–Crippen LogP) is 3.63. The quantitative estimate of drug-likeness (QED) is 0.449. The molecular weight excluding hydrogens is 410 g/mol. The Labute approximate surface area is 142 Å². The molecule has 1 aromatic rings. The number of aromatic hydroxyl groups is 1. The van der Waals surface area contributed by atoms with Gasteiger partial charge in [-0.2, -0.15) is 43.9 Å². The third kappa shape index (κ3) is 3.13. The predicted molar refractivity (Wildman–Crippen MR) is 64.4 cm³/mol. The van der Waals surface area contributed by atoms with Gasteiger partial charge in [0.15, 0.2) is 0 Å². The van der Waals surface area contributed by atoms with Crippen molar-refractivity contribution >= 4 is 11.6 Å². The number of carbonyl (C=O) groups excluding carboxylic acids is 1. The van der Waals surface area contributed by atoms with Gasteiger partial charge in [-0.15, -0.1) is 0 Å². The molecule has 0 unspecified atom stereocenters. The number of carbonyl (C=O) groups is 1. The molecule has 1 fully saturated rings. The van der Waals surface area contributed by atoms with Crippen LogP contribution in [0.25, 0.3) is 0 Å². The first-order valence-electron chi connectivity index (χ1n) is 6.47. The van der Waals surface area contributed by atoms with E-state index in [4.69, 9.17) is 5.11 Å². The van der Waals surface area contributed by atoms with E-state index in [1.807, 2.05) is 4.74 Å². The molecule has 0 aliphatic carbocycles. The summed E-state index contributed by atoms with van der Waals surface area (Å²) in [4.78, 5) is 8.25. The average Bonchev–Trinajstić information content (AvgIpc) is 2.46. The number of phenolic OH excluding ortho intramolecular Hbond substituents is 1. The van der Waals surface area contributed by atoms with E-state index in [-0.39, 0.29) is 0 Å². The highest BCUT2D eigenvalue weighted by Gasteiger charge is 2.87. The van der Waals surface area contributed by atoms with Gasteiger partial charge >= 0.3 is 36.3 Å². The molecule has 1 heterocycles. The lowest BCUT2D eigenvalue weighted by Gasteiger charge is -2.48. The number of phenols is 1. The van der Waals surface area contributed by atoms with E-state index >= 15 is 0 Å². The Morgan fingerprint density at radius 2 is 1.33 bits per heavy atom. The smallest absolute Gasteiger partial charge is 0.439 e. The number of rotatable bonds is 3. The van der Waals surface area contributed by atoms with Crippen LogP contribution in [0.1, 0.15) is 0 Å². The second-order valence-electron chi connectivity index (χ2n) is 5.10. The van der Waals surface area contributed by atoms with Gasteiger partial charge in [-0.25, -0.2) is 4.74 Å². The molecule has 2 rings (SSSR count). The maximum absolute atomic E-state index is 13.9. The first-order chi connectivity index (χ1) is 12.0. The molecule has 1 aromatic carbocycles. The van der Waals surface area contributed by atoms with Crippen molar-refractivity contribution in [2.75, 3.05) is 5.32 Å². The van der Waals surface area contributed by atoms with Crippen molar-refractivity contribution in [2.45, 2.75) is 30.4 Å². The van der Waals surface area contributed by atoms with Crippen LogP contribution in [0.4, 0.5) is 49.6 Å². The Kier molecular flexibility index (Phi) is 4.56. The minimum atomic E-state index is -6.71. The number of halogens is 10. The largest absolute Gasteiger partial charge is 0.508 e. The molecule has 0 saturated carbocycles. The summed E-state index contributed by atoms with van der Waals surface area (Å²) < 4.78 is 136. The van der Waals surface area contributed by atoms with Crippen LogP contribution in [0.5, 0.6) is 5.75 Å². The molecule has 1 saturated heterocycles. The van der Waals surface area contributed by atoms with Crippen LogP contribution in [0.15, 0.2) is 24.3 Å². The second-order valence-corrected chi connectivity index (χ2v) is 5.10. The highest BCUT2D eigenvalue weighted by atomic mass is 19.4. The molecule has 1 aliphatic rings. The minimum Gasteiger partial charge on any atom is -0.508 e. The molecule has 27 heavy (non-hydrogen) atoms. The van der Waals surface area contributed by atoms with Gasteiger partial charge < -0.3 is 10.4 Å². The topological polar surface area (TPSA) is 61.8 Å². The molecule has 152 valence electrons. The monoisotopic (exact) mass is 416 g/mol. The fourth-order valence-corrected chi connectivity index (χ4v) is 1.93. The highest BCUT2D eigenvalue weighted by molar-refractivity contribution is 5.95. The third-order valence-electron chi connectivity index (χ3n) is 3.20. The van der Waals surface area contributed by atoms with Gasteiger partial charge in [0.05, 0.1) is 0 Å². The van der Waals surface area contributed by atoms with Crippen LogP contribution < -0.4 is 5.32 Å². The Morgan fingerprint density at radius 3 is 1.74 bits per heavy atom. The van der Waals surface area contributed by atoms with E-state index in [1.165, 1.54) is 0 Å². The van der Waals surface area contributed by atoms with Gasteiger partial charge in [-0.05, 0) is 24.3 Å². The first-order valence-corrected chi connectivity index (χ1v) is 6.47. The summed E-state index contributed by atoms with van der Waals surface area (Å²) in [6.07, 6.45) is -13.0. The second kappa shape index (κ2) is 5.85. The molecule has 0 atom stereocenters. The van der Waals surface area contributed by atoms with Crippen molar-refractivity contribution in [3.05, 3.63) is 24.3 Å². The number of morpholine rings is 1. The summed E-state index contributed by atoms with van der Waals surface area (Å²) >= 11 is 0. The molecule has 0 bridgehead atoms. The van der Waals surface area contributed by atoms with Gasteiger partial charge in [-0.3, -0.25) is 4.79 Å². The Morgan fingerprint density at radius 1 is 0.926 bits per heavy atom. The number of nitrogens with zero attached hydrogens (tertiary/aromatic N) is 1. The summed E-state index contributed by atoms with van der Waals surface area (Å²) in [6.45, 7) is 0. The van der Waals surface area contributed by atoms with Gasteiger partial charge in [0.2, 0.25) is 0 Å². The first kappa shape index (κ1) is 21.0. The fraction of sp³-hybridized carbons (Fsp3) is 0.417. The molecule has 0 spiro atoms. The maximum Gasteiger partial charge on any atom is 0.439 e. The summed E-state index contributed by atoms with van der Waals surface area (Å²) in [6, 6.07) is -16.7. The van der Waals surface area contributed by atoms with Crippen LogP contribution in [0, 0.1) is 0 Å². The van der Waals surface area contributed by atoms with E-state index in [9.17, 15) is 48.7 Å². The van der Waals surface area contributed by atoms with E-state index < -0.39 is 52.6 Å². The van der Waals surface area contributed by atoms with E-state index in [1.54, 1.807) is 0 Å². The molecule has 1 amide bonds. The van der Waals surface area contributed by atoms with Gasteiger partial charge in [-0.1, -0.05) is 4.90 Å². The molecule has 2 N–H and O–H groups in total. The normalized spacial score (nSPS) is 23.6. The van der Waals surface area contributed by atoms with E-state index in [0.717, 1.165) is 17.4 Å². The lowest BCUT2D eigenvalue weighted by Crippen LogP contribution is -2.79. The van der Waals surface area contributed by atoms with Gasteiger partial charge in [0.25, 0.3) is 0 Å². The summed E-state index contributed by atoms with van der Waals surface area (Å²) in [5.41, 5.74) is -0.684. The number of hydrogen-bond donors (Lipinski definition) is 2. The molecule has 5 nitrogen and oxygen atoms in total. The number of hydrogen-bond acceptors (Lipinski definition) is 4. The van der Waals surface area contributed by atoms with Gasteiger partial charge in [0, 0.05) is 5.69 Å². The Balaban J connectivity index is 2.48. The average molecular weight is 416 g/mol. The number of benzene rings is 1. The lowest BCUT2D eigenvalue weighted by atomic mass is 10.2. The Hall–Kier alpha value is -2.29. The van der Waals surface area contributed by atoms with Crippen LogP contribution in [0.3, 0.4) is 0 Å². The fourth-order valence-electron chi connectivity index (χ4n) is 1.93. The Bertz CT molecular complexity index is 711. The maximum atomic E-state index is 13.9. The molecule has 0 aromatic heterocycles. The zero-order valence-electron chi connectivity index (χ0n) is 12.3. The zero-order chi connectivity index (χ0) is 21.1. The van der Waals surface area contributed by atoms with Crippen molar-refractivity contribution < 1.29 is 58.5 Å². The SMILES string of the molecule is O=C(Nc1ccc(O)cc1)C(F)(F)N1C(F)(F)C(F)(F)OC(F)(F)C1(F)F. The standard InChI is InChI=1S/C12H6F10N2O3/c13-8(14,7(26)23-5-1-3-6(25)4-2-5)24-9(15,16)11(19,20)27-12(21,22)10(24,17)18/h1-4,25H,(H,23,26). The number of amides is 1. The molecular formula is C12H6F10N2O3. The van der Waals surface area contributed by atoms with E-state index in [2.05, 4.69) is 0 Å². The molecule has 1 aliphatic heterocycles. The van der Waals surface area contributed by atoms with Crippen LogP contribution in [-0.4, -0.2) is 46.3 Å². The van der Waals surface area contributed by atoms with Gasteiger partial charge in [0.1, 0.15) is 5.75 Å². The van der Waals surface area contributed by atoms with E-state index in [0.29, 0.717) is 12.1 Å². The number of nitrogens with one attached hydrogen (secondary N) is 1. The highest BCUT2D eigenvalue weighted by Crippen LogP contribution is 2.58. The van der Waals surface area contributed by atoms with Crippen molar-refractivity contribution in [1.82, 2.24) is 4.90 Å². The number of anilines is 1. The van der Waals surface area contributed by atoms with Crippen molar-refractivity contribution in [1.29, 1.82) is 0 Å². The summed E-state index contributed by atoms with van der Waals surface area (Å²) in [5, 5.41) is 10.1. The lowest BCUT2D eigenvalue weighted by molar-refractivity contribution is -0.581. The summed E-state index contributed by atoms with van der Waals surface area (Å²) in [7, 11) is 0. The molecule has 15 heteroatoms. The molecule has 0 radical (unpaired) electrons.